The van der Waals surface area contributed by atoms with Crippen LogP contribution in [-0.4, -0.2) is 29.3 Å². The zero-order valence-corrected chi connectivity index (χ0v) is 13.0. The van der Waals surface area contributed by atoms with Gasteiger partial charge in [-0.1, -0.05) is 19.3 Å². The van der Waals surface area contributed by atoms with Gasteiger partial charge in [0.15, 0.2) is 0 Å². The van der Waals surface area contributed by atoms with Crippen LogP contribution in [0.25, 0.3) is 0 Å². The summed E-state index contributed by atoms with van der Waals surface area (Å²) >= 11 is 0. The first-order chi connectivity index (χ1) is 10.5. The average Bonchev–Trinajstić information content (AvgIpc) is 2.46. The molecule has 0 bridgehead atoms. The summed E-state index contributed by atoms with van der Waals surface area (Å²) in [6.45, 7) is 2.14. The smallest absolute Gasteiger partial charge is 0.223 e. The van der Waals surface area contributed by atoms with Gasteiger partial charge in [-0.3, -0.25) is 4.79 Å². The van der Waals surface area contributed by atoms with Crippen molar-refractivity contribution in [3.05, 3.63) is 30.1 Å². The first-order valence-corrected chi connectivity index (χ1v) is 7.87. The average molecular weight is 309 g/mol. The fourth-order valence-corrected chi connectivity index (χ4v) is 2.81. The zero-order valence-electron chi connectivity index (χ0n) is 13.0. The summed E-state index contributed by atoms with van der Waals surface area (Å²) < 4.78 is 18.3. The minimum absolute atomic E-state index is 0.147. The molecule has 1 amide bonds. The van der Waals surface area contributed by atoms with Crippen LogP contribution in [0.15, 0.2) is 24.3 Å². The molecular weight excluding hydrogens is 285 g/mol. The van der Waals surface area contributed by atoms with Gasteiger partial charge in [-0.2, -0.15) is 0 Å². The summed E-state index contributed by atoms with van der Waals surface area (Å²) in [6.07, 6.45) is 4.63. The van der Waals surface area contributed by atoms with E-state index in [0.717, 1.165) is 19.3 Å². The van der Waals surface area contributed by atoms with Crippen LogP contribution in [-0.2, 0) is 4.79 Å². The van der Waals surface area contributed by atoms with Gasteiger partial charge in [-0.05, 0) is 44.0 Å². The second-order valence-electron chi connectivity index (χ2n) is 6.20. The number of hydrogen-bond acceptors (Lipinski definition) is 3. The minimum atomic E-state index is -0.847. The standard InChI is InChI=1S/C17H24FNO3/c1-13(12-22-15-7-5-14(18)6-8-15)19-16(20)11-17(21)9-3-2-4-10-17/h5-8,13,21H,2-4,9-12H2,1H3,(H,19,20). The highest BCUT2D eigenvalue weighted by Crippen LogP contribution is 2.30. The summed E-state index contributed by atoms with van der Waals surface area (Å²) in [5.74, 6) is 0.0995. The normalized spacial score (nSPS) is 18.5. The van der Waals surface area contributed by atoms with Crippen molar-refractivity contribution in [2.24, 2.45) is 0 Å². The molecule has 1 aromatic carbocycles. The van der Waals surface area contributed by atoms with Crippen LogP contribution in [0.2, 0.25) is 0 Å². The quantitative estimate of drug-likeness (QED) is 0.849. The van der Waals surface area contributed by atoms with Gasteiger partial charge in [0.05, 0.1) is 18.1 Å². The number of benzene rings is 1. The van der Waals surface area contributed by atoms with Gasteiger partial charge in [-0.25, -0.2) is 4.39 Å². The number of aliphatic hydroxyl groups is 1. The highest BCUT2D eigenvalue weighted by molar-refractivity contribution is 5.77. The van der Waals surface area contributed by atoms with Gasteiger partial charge in [0, 0.05) is 0 Å². The number of carbonyl (C=O) groups excluding carboxylic acids is 1. The molecule has 1 unspecified atom stereocenters. The van der Waals surface area contributed by atoms with Gasteiger partial charge in [0.1, 0.15) is 18.2 Å². The van der Waals surface area contributed by atoms with Crippen LogP contribution in [0.1, 0.15) is 45.4 Å². The number of carbonyl (C=O) groups is 1. The molecule has 2 rings (SSSR count). The number of ether oxygens (including phenoxy) is 1. The number of rotatable bonds is 6. The molecule has 0 saturated heterocycles. The van der Waals surface area contributed by atoms with Crippen LogP contribution in [0.3, 0.4) is 0 Å². The fraction of sp³-hybridized carbons (Fsp3) is 0.588. The Morgan fingerprint density at radius 3 is 2.59 bits per heavy atom. The van der Waals surface area contributed by atoms with Crippen molar-refractivity contribution in [3.63, 3.8) is 0 Å². The summed E-state index contributed by atoms with van der Waals surface area (Å²) in [5, 5.41) is 13.2. The van der Waals surface area contributed by atoms with Crippen molar-refractivity contribution in [3.8, 4) is 5.75 Å². The van der Waals surface area contributed by atoms with Crippen molar-refractivity contribution < 1.29 is 19.0 Å². The molecule has 5 heteroatoms. The molecule has 1 saturated carbocycles. The maximum absolute atomic E-state index is 12.8. The van der Waals surface area contributed by atoms with Gasteiger partial charge in [0.2, 0.25) is 5.91 Å². The maximum Gasteiger partial charge on any atom is 0.223 e. The Hall–Kier alpha value is -1.62. The van der Waals surface area contributed by atoms with Gasteiger partial charge in [-0.15, -0.1) is 0 Å². The fourth-order valence-electron chi connectivity index (χ4n) is 2.81. The van der Waals surface area contributed by atoms with Crippen LogP contribution in [0.5, 0.6) is 5.75 Å². The minimum Gasteiger partial charge on any atom is -0.491 e. The lowest BCUT2D eigenvalue weighted by atomic mass is 9.82. The largest absolute Gasteiger partial charge is 0.491 e. The van der Waals surface area contributed by atoms with Gasteiger partial charge < -0.3 is 15.2 Å². The lowest BCUT2D eigenvalue weighted by Gasteiger charge is -2.31. The maximum atomic E-state index is 12.8. The molecule has 0 heterocycles. The van der Waals surface area contributed by atoms with E-state index in [4.69, 9.17) is 4.74 Å². The molecular formula is C17H24FNO3. The van der Waals surface area contributed by atoms with E-state index in [9.17, 15) is 14.3 Å². The molecule has 0 aromatic heterocycles. The molecule has 1 aromatic rings. The third-order valence-corrected chi connectivity index (χ3v) is 3.99. The number of amides is 1. The lowest BCUT2D eigenvalue weighted by molar-refractivity contribution is -0.128. The van der Waals surface area contributed by atoms with E-state index in [-0.39, 0.29) is 24.2 Å². The molecule has 0 spiro atoms. The highest BCUT2D eigenvalue weighted by atomic mass is 19.1. The first kappa shape index (κ1) is 16.7. The van der Waals surface area contributed by atoms with Crippen LogP contribution in [0.4, 0.5) is 4.39 Å². The predicted octanol–water partition coefficient (Wildman–Crippen LogP) is 2.79. The molecule has 2 N–H and O–H groups in total. The Bertz CT molecular complexity index is 483. The topological polar surface area (TPSA) is 58.6 Å². The number of halogens is 1. The van der Waals surface area contributed by atoms with Gasteiger partial charge >= 0.3 is 0 Å². The van der Waals surface area contributed by atoms with E-state index in [2.05, 4.69) is 5.32 Å². The van der Waals surface area contributed by atoms with E-state index < -0.39 is 5.60 Å². The molecule has 1 atom stereocenters. The Balaban J connectivity index is 1.72. The molecule has 1 aliphatic carbocycles. The molecule has 1 fully saturated rings. The zero-order chi connectivity index (χ0) is 16.0. The van der Waals surface area contributed by atoms with Crippen molar-refractivity contribution >= 4 is 5.91 Å². The number of nitrogens with one attached hydrogen (secondary N) is 1. The van der Waals surface area contributed by atoms with Gasteiger partial charge in [0.25, 0.3) is 0 Å². The Labute approximate surface area is 130 Å². The van der Waals surface area contributed by atoms with Crippen LogP contribution < -0.4 is 10.1 Å². The third-order valence-electron chi connectivity index (χ3n) is 3.99. The first-order valence-electron chi connectivity index (χ1n) is 7.87. The molecule has 1 aliphatic rings. The van der Waals surface area contributed by atoms with E-state index in [1.54, 1.807) is 12.1 Å². The SMILES string of the molecule is CC(COc1ccc(F)cc1)NC(=O)CC1(O)CCCCC1. The second-order valence-corrected chi connectivity index (χ2v) is 6.20. The predicted molar refractivity (Wildman–Crippen MR) is 82.2 cm³/mol. The van der Waals surface area contributed by atoms with Crippen LogP contribution in [0, 0.1) is 5.82 Å². The van der Waals surface area contributed by atoms with Crippen LogP contribution >= 0.6 is 0 Å². The Morgan fingerprint density at radius 2 is 1.95 bits per heavy atom. The lowest BCUT2D eigenvalue weighted by Crippen LogP contribution is -2.42. The second kappa shape index (κ2) is 7.58. The Morgan fingerprint density at radius 1 is 1.32 bits per heavy atom. The summed E-state index contributed by atoms with van der Waals surface area (Å²) in [4.78, 5) is 12.0. The van der Waals surface area contributed by atoms with E-state index >= 15 is 0 Å². The molecule has 0 aliphatic heterocycles. The summed E-state index contributed by atoms with van der Waals surface area (Å²) in [7, 11) is 0. The third kappa shape index (κ3) is 5.30. The summed E-state index contributed by atoms with van der Waals surface area (Å²) in [5.41, 5.74) is -0.847. The van der Waals surface area contributed by atoms with Crippen molar-refractivity contribution in [2.45, 2.75) is 57.1 Å². The molecule has 0 radical (unpaired) electrons. The molecule has 22 heavy (non-hydrogen) atoms. The number of hydrogen-bond donors (Lipinski definition) is 2. The molecule has 122 valence electrons. The molecule has 4 nitrogen and oxygen atoms in total. The van der Waals surface area contributed by atoms with Crippen molar-refractivity contribution in [2.75, 3.05) is 6.61 Å². The van der Waals surface area contributed by atoms with E-state index in [0.29, 0.717) is 25.2 Å². The monoisotopic (exact) mass is 309 g/mol. The Kier molecular flexibility index (Phi) is 5.77. The van der Waals surface area contributed by atoms with Crippen molar-refractivity contribution in [1.29, 1.82) is 0 Å². The summed E-state index contributed by atoms with van der Waals surface area (Å²) in [6, 6.07) is 5.59. The van der Waals surface area contributed by atoms with E-state index in [1.165, 1.54) is 12.1 Å². The highest BCUT2D eigenvalue weighted by Gasteiger charge is 2.31. The van der Waals surface area contributed by atoms with E-state index in [1.807, 2.05) is 6.92 Å². The van der Waals surface area contributed by atoms with Crippen molar-refractivity contribution in [1.82, 2.24) is 5.32 Å².